The van der Waals surface area contributed by atoms with Crippen LogP contribution in [0.1, 0.15) is 21.8 Å². The van der Waals surface area contributed by atoms with Gasteiger partial charge in [-0.1, -0.05) is 23.8 Å². The van der Waals surface area contributed by atoms with Crippen LogP contribution in [0.3, 0.4) is 0 Å². The first kappa shape index (κ1) is 13.2. The molecule has 0 unspecified atom stereocenters. The smallest absolute Gasteiger partial charge is 0.342 e. The van der Waals surface area contributed by atoms with Crippen molar-refractivity contribution in [3.8, 4) is 5.75 Å². The highest BCUT2D eigenvalue weighted by Gasteiger charge is 2.14. The Balaban J connectivity index is 1.74. The summed E-state index contributed by atoms with van der Waals surface area (Å²) in [4.78, 5) is 16.2. The average Bonchev–Trinajstić information content (AvgIpc) is 2.90. The molecule has 0 saturated heterocycles. The molecule has 0 bridgehead atoms. The van der Waals surface area contributed by atoms with Gasteiger partial charge in [0.1, 0.15) is 16.8 Å². The molecule has 1 heterocycles. The maximum Gasteiger partial charge on any atom is 0.342 e. The molecule has 1 N–H and O–H groups in total. The molecule has 0 amide bonds. The number of carbonyl (C=O) groups is 1. The number of rotatable bonds is 3. The van der Waals surface area contributed by atoms with Crippen molar-refractivity contribution in [3.05, 3.63) is 59.5 Å². The molecule has 0 fully saturated rings. The first-order valence-corrected chi connectivity index (χ1v) is 6.44. The fourth-order valence-corrected chi connectivity index (χ4v) is 2.00. The van der Waals surface area contributed by atoms with Crippen LogP contribution >= 0.6 is 0 Å². The molecule has 0 radical (unpaired) electrons. The SMILES string of the molecule is Cc1ccc(O)c(C(=O)OCc2nc3ccccc3o2)c1. The Morgan fingerprint density at radius 2 is 2.10 bits per heavy atom. The number of fused-ring (bicyclic) bond motifs is 1. The molecular formula is C16H13NO4. The van der Waals surface area contributed by atoms with Crippen LogP contribution in [0.2, 0.25) is 0 Å². The van der Waals surface area contributed by atoms with Gasteiger partial charge >= 0.3 is 5.97 Å². The van der Waals surface area contributed by atoms with E-state index in [1.165, 1.54) is 6.07 Å². The Morgan fingerprint density at radius 1 is 1.29 bits per heavy atom. The Morgan fingerprint density at radius 3 is 2.90 bits per heavy atom. The minimum Gasteiger partial charge on any atom is -0.507 e. The van der Waals surface area contributed by atoms with Gasteiger partial charge in [-0.2, -0.15) is 0 Å². The highest BCUT2D eigenvalue weighted by molar-refractivity contribution is 5.92. The van der Waals surface area contributed by atoms with Crippen molar-refractivity contribution in [1.29, 1.82) is 0 Å². The van der Waals surface area contributed by atoms with Crippen LogP contribution in [0.15, 0.2) is 46.9 Å². The summed E-state index contributed by atoms with van der Waals surface area (Å²) in [6.07, 6.45) is 0. The van der Waals surface area contributed by atoms with Gasteiger partial charge in [0.2, 0.25) is 5.89 Å². The monoisotopic (exact) mass is 283 g/mol. The number of aryl methyl sites for hydroxylation is 1. The van der Waals surface area contributed by atoms with E-state index in [0.717, 1.165) is 5.56 Å². The van der Waals surface area contributed by atoms with E-state index >= 15 is 0 Å². The van der Waals surface area contributed by atoms with Gasteiger partial charge in [-0.05, 0) is 31.2 Å². The number of nitrogens with zero attached hydrogens (tertiary/aromatic N) is 1. The average molecular weight is 283 g/mol. The number of para-hydroxylation sites is 2. The molecule has 1 aromatic heterocycles. The number of benzene rings is 2. The Kier molecular flexibility index (Phi) is 3.31. The lowest BCUT2D eigenvalue weighted by Crippen LogP contribution is -2.06. The summed E-state index contributed by atoms with van der Waals surface area (Å²) in [5, 5.41) is 9.68. The predicted molar refractivity (Wildman–Crippen MR) is 76.0 cm³/mol. The molecule has 2 aromatic carbocycles. The second-order valence-electron chi connectivity index (χ2n) is 4.67. The summed E-state index contributed by atoms with van der Waals surface area (Å²) >= 11 is 0. The van der Waals surface area contributed by atoms with E-state index in [1.807, 2.05) is 25.1 Å². The van der Waals surface area contributed by atoms with Crippen LogP contribution in [0.4, 0.5) is 0 Å². The van der Waals surface area contributed by atoms with Gasteiger partial charge in [0.05, 0.1) is 0 Å². The van der Waals surface area contributed by atoms with E-state index in [-0.39, 0.29) is 17.9 Å². The third kappa shape index (κ3) is 2.72. The van der Waals surface area contributed by atoms with E-state index in [2.05, 4.69) is 4.98 Å². The van der Waals surface area contributed by atoms with Crippen LogP contribution in [0, 0.1) is 6.92 Å². The molecule has 0 aliphatic heterocycles. The molecule has 0 saturated carbocycles. The number of carbonyl (C=O) groups excluding carboxylic acids is 1. The number of aromatic nitrogens is 1. The molecular weight excluding hydrogens is 270 g/mol. The van der Waals surface area contributed by atoms with Gasteiger partial charge < -0.3 is 14.3 Å². The lowest BCUT2D eigenvalue weighted by atomic mass is 10.1. The molecule has 3 aromatic rings. The fourth-order valence-electron chi connectivity index (χ4n) is 2.00. The third-order valence-electron chi connectivity index (χ3n) is 3.04. The minimum atomic E-state index is -0.613. The van der Waals surface area contributed by atoms with Crippen LogP contribution in [0.5, 0.6) is 5.75 Å². The normalized spacial score (nSPS) is 10.7. The zero-order valence-electron chi connectivity index (χ0n) is 11.4. The lowest BCUT2D eigenvalue weighted by Gasteiger charge is -2.05. The van der Waals surface area contributed by atoms with Crippen molar-refractivity contribution in [3.63, 3.8) is 0 Å². The Labute approximate surface area is 120 Å². The molecule has 3 rings (SSSR count). The standard InChI is InChI=1S/C16H13NO4/c1-10-6-7-13(18)11(8-10)16(19)20-9-15-17-12-4-2-3-5-14(12)21-15/h2-8,18H,9H2,1H3. The molecule has 106 valence electrons. The number of oxazole rings is 1. The topological polar surface area (TPSA) is 72.6 Å². The molecule has 0 aliphatic rings. The van der Waals surface area contributed by atoms with Gasteiger partial charge in [0, 0.05) is 0 Å². The highest BCUT2D eigenvalue weighted by Crippen LogP contribution is 2.20. The van der Waals surface area contributed by atoms with Gasteiger partial charge in [0.15, 0.2) is 12.2 Å². The zero-order chi connectivity index (χ0) is 14.8. The predicted octanol–water partition coefficient (Wildman–Crippen LogP) is 3.20. The lowest BCUT2D eigenvalue weighted by molar-refractivity contribution is 0.0437. The first-order chi connectivity index (χ1) is 10.1. The Hall–Kier alpha value is -2.82. The summed E-state index contributed by atoms with van der Waals surface area (Å²) < 4.78 is 10.6. The van der Waals surface area contributed by atoms with E-state index in [4.69, 9.17) is 9.15 Å². The van der Waals surface area contributed by atoms with Crippen molar-refractivity contribution in [1.82, 2.24) is 4.98 Å². The van der Waals surface area contributed by atoms with Gasteiger partial charge in [0.25, 0.3) is 0 Å². The summed E-state index contributed by atoms with van der Waals surface area (Å²) in [6, 6.07) is 12.1. The largest absolute Gasteiger partial charge is 0.507 e. The van der Waals surface area contributed by atoms with Crippen molar-refractivity contribution in [2.45, 2.75) is 13.5 Å². The van der Waals surface area contributed by atoms with Crippen molar-refractivity contribution >= 4 is 17.1 Å². The number of aromatic hydroxyl groups is 1. The summed E-state index contributed by atoms with van der Waals surface area (Å²) in [5.74, 6) is -0.404. The second kappa shape index (κ2) is 5.28. The minimum absolute atomic E-state index is 0.0824. The van der Waals surface area contributed by atoms with Crippen LogP contribution in [0.25, 0.3) is 11.1 Å². The maximum atomic E-state index is 12.0. The van der Waals surface area contributed by atoms with Crippen molar-refractivity contribution in [2.75, 3.05) is 0 Å². The van der Waals surface area contributed by atoms with E-state index in [0.29, 0.717) is 17.0 Å². The highest BCUT2D eigenvalue weighted by atomic mass is 16.5. The van der Waals surface area contributed by atoms with Crippen LogP contribution in [-0.2, 0) is 11.3 Å². The Bertz CT molecular complexity index is 774. The number of ether oxygens (including phenoxy) is 1. The maximum absolute atomic E-state index is 12.0. The van der Waals surface area contributed by atoms with Crippen molar-refractivity contribution < 1.29 is 19.1 Å². The molecule has 0 atom stereocenters. The molecule has 0 aliphatic carbocycles. The fraction of sp³-hybridized carbons (Fsp3) is 0.125. The zero-order valence-corrected chi connectivity index (χ0v) is 11.4. The summed E-state index contributed by atoms with van der Waals surface area (Å²) in [6.45, 7) is 1.75. The summed E-state index contributed by atoms with van der Waals surface area (Å²) in [7, 11) is 0. The number of hydrogen-bond acceptors (Lipinski definition) is 5. The number of hydrogen-bond donors (Lipinski definition) is 1. The quantitative estimate of drug-likeness (QED) is 0.747. The van der Waals surface area contributed by atoms with Gasteiger partial charge in [-0.15, -0.1) is 0 Å². The number of phenolic OH excluding ortho intramolecular Hbond substituents is 1. The number of esters is 1. The van der Waals surface area contributed by atoms with Crippen LogP contribution in [-0.4, -0.2) is 16.1 Å². The molecule has 0 spiro atoms. The molecule has 21 heavy (non-hydrogen) atoms. The molecule has 5 nitrogen and oxygen atoms in total. The second-order valence-corrected chi connectivity index (χ2v) is 4.67. The molecule has 5 heteroatoms. The van der Waals surface area contributed by atoms with Crippen LogP contribution < -0.4 is 0 Å². The first-order valence-electron chi connectivity index (χ1n) is 6.44. The van der Waals surface area contributed by atoms with E-state index in [1.54, 1.807) is 18.2 Å². The van der Waals surface area contributed by atoms with Gasteiger partial charge in [-0.25, -0.2) is 9.78 Å². The summed E-state index contributed by atoms with van der Waals surface area (Å²) in [5.41, 5.74) is 2.34. The third-order valence-corrected chi connectivity index (χ3v) is 3.04. The van der Waals surface area contributed by atoms with Crippen molar-refractivity contribution in [2.24, 2.45) is 0 Å². The van der Waals surface area contributed by atoms with Gasteiger partial charge in [-0.3, -0.25) is 0 Å². The van der Waals surface area contributed by atoms with E-state index < -0.39 is 5.97 Å². The van der Waals surface area contributed by atoms with E-state index in [9.17, 15) is 9.90 Å². The number of phenols is 1.